The van der Waals surface area contributed by atoms with E-state index in [1.807, 2.05) is 54.6 Å². The van der Waals surface area contributed by atoms with Crippen LogP contribution in [0.15, 0.2) is 70.2 Å². The summed E-state index contributed by atoms with van der Waals surface area (Å²) in [7, 11) is 1.78. The number of rotatable bonds is 11. The van der Waals surface area contributed by atoms with E-state index >= 15 is 0 Å². The number of nitrogens with one attached hydrogen (secondary N) is 2. The third-order valence-corrected chi connectivity index (χ3v) is 5.47. The van der Waals surface area contributed by atoms with Gasteiger partial charge in [-0.3, -0.25) is 19.4 Å². The lowest BCUT2D eigenvalue weighted by atomic mass is 10.2. The van der Waals surface area contributed by atoms with Gasteiger partial charge >= 0.3 is 0 Å². The quantitative estimate of drug-likeness (QED) is 0.156. The van der Waals surface area contributed by atoms with E-state index in [0.717, 1.165) is 50.6 Å². The molecule has 3 rings (SSSR count). The van der Waals surface area contributed by atoms with Crippen LogP contribution in [0.1, 0.15) is 0 Å². The lowest BCUT2D eigenvalue weighted by Gasteiger charge is -2.25. The fraction of sp³-hybridized carbons (Fsp3) is 0.304. The molecule has 9 heteroatoms. The molecule has 0 radical (unpaired) electrons. The Labute approximate surface area is 193 Å². The predicted molar refractivity (Wildman–Crippen MR) is 130 cm³/mol. The zero-order valence-corrected chi connectivity index (χ0v) is 18.9. The molecule has 0 bridgehead atoms. The predicted octanol–water partition coefficient (Wildman–Crippen LogP) is 2.86. The lowest BCUT2D eigenvalue weighted by Crippen LogP contribution is -2.38. The van der Waals surface area contributed by atoms with Gasteiger partial charge in [-0.05, 0) is 55.4 Å². The van der Waals surface area contributed by atoms with Crippen LogP contribution < -0.4 is 20.5 Å². The van der Waals surface area contributed by atoms with Crippen LogP contribution in [0.25, 0.3) is 0 Å². The van der Waals surface area contributed by atoms with Crippen molar-refractivity contribution in [3.8, 4) is 11.5 Å². The average Bonchev–Trinajstić information content (AvgIpc) is 2.82. The molecule has 0 aliphatic carbocycles. The van der Waals surface area contributed by atoms with E-state index in [9.17, 15) is 4.79 Å². The Bertz CT molecular complexity index is 913. The molecule has 0 aromatic heterocycles. The van der Waals surface area contributed by atoms with Crippen molar-refractivity contribution >= 4 is 29.8 Å². The van der Waals surface area contributed by atoms with Gasteiger partial charge in [-0.25, -0.2) is 0 Å². The molecule has 32 heavy (non-hydrogen) atoms. The summed E-state index contributed by atoms with van der Waals surface area (Å²) < 4.78 is 14.2. The van der Waals surface area contributed by atoms with Crippen LogP contribution in [0.3, 0.4) is 0 Å². The molecule has 2 aromatic carbocycles. The highest BCUT2D eigenvalue weighted by atomic mass is 32.2. The SMILES string of the molecule is CNS/C(Nc1ccc(Oc2ccccc2)cc1)=C(\C=O)C(N)=NCCN1CCOCC1. The van der Waals surface area contributed by atoms with Crippen molar-refractivity contribution in [3.63, 3.8) is 0 Å². The number of hydrogen-bond acceptors (Lipinski definition) is 8. The fourth-order valence-electron chi connectivity index (χ4n) is 3.06. The Morgan fingerprint density at radius 2 is 1.84 bits per heavy atom. The Hall–Kier alpha value is -2.85. The van der Waals surface area contributed by atoms with E-state index in [1.54, 1.807) is 7.05 Å². The summed E-state index contributed by atoms with van der Waals surface area (Å²) in [5.74, 6) is 1.69. The van der Waals surface area contributed by atoms with Gasteiger partial charge in [0.25, 0.3) is 0 Å². The van der Waals surface area contributed by atoms with Crippen molar-refractivity contribution < 1.29 is 14.3 Å². The molecular weight excluding hydrogens is 426 g/mol. The van der Waals surface area contributed by atoms with E-state index in [-0.39, 0.29) is 5.84 Å². The molecular formula is C23H29N5O3S. The second kappa shape index (κ2) is 12.9. The van der Waals surface area contributed by atoms with Gasteiger partial charge in [-0.1, -0.05) is 18.2 Å². The number of aldehydes is 1. The summed E-state index contributed by atoms with van der Waals surface area (Å²) in [6.45, 7) is 4.55. The van der Waals surface area contributed by atoms with E-state index in [2.05, 4.69) is 19.9 Å². The Morgan fingerprint density at radius 3 is 2.50 bits per heavy atom. The third-order valence-electron chi connectivity index (χ3n) is 4.74. The summed E-state index contributed by atoms with van der Waals surface area (Å²) in [5.41, 5.74) is 7.27. The number of anilines is 1. The van der Waals surface area contributed by atoms with Gasteiger partial charge in [-0.2, -0.15) is 0 Å². The first-order chi connectivity index (χ1) is 15.7. The molecule has 1 saturated heterocycles. The van der Waals surface area contributed by atoms with Crippen LogP contribution in [0, 0.1) is 0 Å². The average molecular weight is 456 g/mol. The monoisotopic (exact) mass is 455 g/mol. The van der Waals surface area contributed by atoms with Gasteiger partial charge in [0.1, 0.15) is 22.4 Å². The Kier molecular flexibility index (Phi) is 9.58. The molecule has 1 aliphatic rings. The number of carbonyl (C=O) groups is 1. The smallest absolute Gasteiger partial charge is 0.156 e. The first kappa shape index (κ1) is 23.8. The van der Waals surface area contributed by atoms with Gasteiger partial charge in [0.2, 0.25) is 0 Å². The maximum absolute atomic E-state index is 11.8. The van der Waals surface area contributed by atoms with Crippen LogP contribution in [-0.2, 0) is 9.53 Å². The van der Waals surface area contributed by atoms with Gasteiger partial charge in [0, 0.05) is 25.3 Å². The largest absolute Gasteiger partial charge is 0.457 e. The van der Waals surface area contributed by atoms with Gasteiger partial charge in [-0.15, -0.1) is 0 Å². The number of amidine groups is 1. The number of benzene rings is 2. The number of aliphatic imine (C=N–C) groups is 1. The van der Waals surface area contributed by atoms with E-state index in [1.165, 1.54) is 11.9 Å². The minimum Gasteiger partial charge on any atom is -0.457 e. The van der Waals surface area contributed by atoms with Crippen LogP contribution in [0.5, 0.6) is 11.5 Å². The van der Waals surface area contributed by atoms with Crippen molar-refractivity contribution in [2.75, 3.05) is 51.8 Å². The first-order valence-corrected chi connectivity index (χ1v) is 11.2. The van der Waals surface area contributed by atoms with E-state index in [4.69, 9.17) is 15.2 Å². The summed E-state index contributed by atoms with van der Waals surface area (Å²) in [4.78, 5) is 18.5. The molecule has 1 aliphatic heterocycles. The number of ether oxygens (including phenoxy) is 2. The van der Waals surface area contributed by atoms with Gasteiger partial charge in [0.05, 0.1) is 25.3 Å². The van der Waals surface area contributed by atoms with Gasteiger partial charge in [0.15, 0.2) is 6.29 Å². The molecule has 8 nitrogen and oxygen atoms in total. The summed E-state index contributed by atoms with van der Waals surface area (Å²) >= 11 is 1.27. The Balaban J connectivity index is 1.66. The summed E-state index contributed by atoms with van der Waals surface area (Å²) in [5, 5.41) is 3.82. The highest BCUT2D eigenvalue weighted by Crippen LogP contribution is 2.25. The summed E-state index contributed by atoms with van der Waals surface area (Å²) in [6, 6.07) is 17.0. The molecule has 1 fully saturated rings. The van der Waals surface area contributed by atoms with Crippen molar-refractivity contribution in [3.05, 3.63) is 65.2 Å². The van der Waals surface area contributed by atoms with E-state index in [0.29, 0.717) is 22.9 Å². The fourth-order valence-corrected chi connectivity index (χ4v) is 3.70. The second-order valence-corrected chi connectivity index (χ2v) is 7.97. The van der Waals surface area contributed by atoms with Crippen molar-refractivity contribution in [1.29, 1.82) is 0 Å². The molecule has 0 spiro atoms. The molecule has 0 atom stereocenters. The molecule has 170 valence electrons. The minimum absolute atomic E-state index is 0.211. The number of hydrogen-bond donors (Lipinski definition) is 3. The normalized spacial score (nSPS) is 15.7. The first-order valence-electron chi connectivity index (χ1n) is 10.4. The number of morpholine rings is 1. The zero-order valence-electron chi connectivity index (χ0n) is 18.1. The second-order valence-electron chi connectivity index (χ2n) is 6.95. The number of carbonyl (C=O) groups excluding carboxylic acids is 1. The molecule has 0 amide bonds. The van der Waals surface area contributed by atoms with Crippen LogP contribution in [0.2, 0.25) is 0 Å². The molecule has 2 aromatic rings. The standard InChI is InChI=1S/C23H29N5O3S/c1-25-32-23(21(17-29)22(24)26-11-12-28-13-15-30-16-14-28)27-18-7-9-20(10-8-18)31-19-5-3-2-4-6-19/h2-10,17,25,27H,11-16H2,1H3,(H2,24,26)/b23-21+. The van der Waals surface area contributed by atoms with Crippen LogP contribution in [-0.4, -0.2) is 63.5 Å². The van der Waals surface area contributed by atoms with Crippen molar-refractivity contribution in [2.45, 2.75) is 0 Å². The molecule has 4 N–H and O–H groups in total. The highest BCUT2D eigenvalue weighted by molar-refractivity contribution is 8.01. The maximum atomic E-state index is 11.8. The van der Waals surface area contributed by atoms with Crippen molar-refractivity contribution in [2.24, 2.45) is 10.7 Å². The van der Waals surface area contributed by atoms with Crippen molar-refractivity contribution in [1.82, 2.24) is 9.62 Å². The zero-order chi connectivity index (χ0) is 22.6. The molecule has 1 heterocycles. The number of para-hydroxylation sites is 1. The van der Waals surface area contributed by atoms with Gasteiger partial charge < -0.3 is 20.5 Å². The molecule has 0 saturated carbocycles. The number of nitrogens with two attached hydrogens (primary N) is 1. The number of nitrogens with zero attached hydrogens (tertiary/aromatic N) is 2. The third kappa shape index (κ3) is 7.38. The maximum Gasteiger partial charge on any atom is 0.156 e. The van der Waals surface area contributed by atoms with E-state index < -0.39 is 0 Å². The minimum atomic E-state index is 0.211. The lowest BCUT2D eigenvalue weighted by molar-refractivity contribution is -0.104. The summed E-state index contributed by atoms with van der Waals surface area (Å²) in [6.07, 6.45) is 0.729. The van der Waals surface area contributed by atoms with Crippen LogP contribution >= 0.6 is 11.9 Å². The highest BCUT2D eigenvalue weighted by Gasteiger charge is 2.13. The Morgan fingerprint density at radius 1 is 1.16 bits per heavy atom. The molecule has 0 unspecified atom stereocenters. The topological polar surface area (TPSA) is 101 Å². The van der Waals surface area contributed by atoms with Crippen LogP contribution in [0.4, 0.5) is 5.69 Å².